The zero-order valence-electron chi connectivity index (χ0n) is 13.3. The summed E-state index contributed by atoms with van der Waals surface area (Å²) in [5.74, 6) is -1.24. The first-order valence-electron chi connectivity index (χ1n) is 6.89. The standard InChI is InChI=1S/C15H21ClN2O4/c1-8(2)11(18-14(21)22-15(3,4)5)12-10(13(19)20)6-9(16)7-17-12/h6-8,11H,1-5H3,(H,18,21)(H,19,20)/t11-/m1/s1. The number of hydrogen-bond donors (Lipinski definition) is 2. The maximum Gasteiger partial charge on any atom is 0.408 e. The maximum atomic E-state index is 12.0. The largest absolute Gasteiger partial charge is 0.478 e. The van der Waals surface area contributed by atoms with Crippen molar-refractivity contribution in [1.29, 1.82) is 0 Å². The molecule has 0 aliphatic carbocycles. The highest BCUT2D eigenvalue weighted by Crippen LogP contribution is 2.25. The summed E-state index contributed by atoms with van der Waals surface area (Å²) in [6.45, 7) is 8.95. The number of carboxylic acid groups (broad SMARTS) is 1. The molecule has 0 aromatic carbocycles. The lowest BCUT2D eigenvalue weighted by atomic mass is 9.97. The Kier molecular flexibility index (Phi) is 5.77. The molecule has 0 saturated heterocycles. The summed E-state index contributed by atoms with van der Waals surface area (Å²) in [5.41, 5.74) is -0.436. The smallest absolute Gasteiger partial charge is 0.408 e. The van der Waals surface area contributed by atoms with Gasteiger partial charge in [0.1, 0.15) is 5.60 Å². The molecule has 1 amide bonds. The maximum absolute atomic E-state index is 12.0. The number of aromatic carboxylic acids is 1. The van der Waals surface area contributed by atoms with Gasteiger partial charge >= 0.3 is 12.1 Å². The molecule has 1 atom stereocenters. The van der Waals surface area contributed by atoms with E-state index in [0.717, 1.165) is 0 Å². The fourth-order valence-electron chi connectivity index (χ4n) is 1.85. The summed E-state index contributed by atoms with van der Waals surface area (Å²) >= 11 is 5.80. The first kappa shape index (κ1) is 18.2. The molecule has 1 rings (SSSR count). The highest BCUT2D eigenvalue weighted by Gasteiger charge is 2.27. The van der Waals surface area contributed by atoms with E-state index in [0.29, 0.717) is 0 Å². The zero-order chi connectivity index (χ0) is 17.1. The Hall–Kier alpha value is -1.82. The summed E-state index contributed by atoms with van der Waals surface area (Å²) < 4.78 is 5.21. The van der Waals surface area contributed by atoms with Crippen molar-refractivity contribution in [1.82, 2.24) is 10.3 Å². The molecule has 122 valence electrons. The number of pyridine rings is 1. The van der Waals surface area contributed by atoms with E-state index in [1.807, 2.05) is 13.8 Å². The number of ether oxygens (including phenoxy) is 1. The molecule has 1 aromatic rings. The van der Waals surface area contributed by atoms with Gasteiger partial charge in [-0.25, -0.2) is 9.59 Å². The van der Waals surface area contributed by atoms with E-state index in [-0.39, 0.29) is 22.2 Å². The van der Waals surface area contributed by atoms with Gasteiger partial charge in [-0.2, -0.15) is 0 Å². The predicted octanol–water partition coefficient (Wildman–Crippen LogP) is 3.66. The lowest BCUT2D eigenvalue weighted by Gasteiger charge is -2.26. The Balaban J connectivity index is 3.12. The lowest BCUT2D eigenvalue weighted by Crippen LogP contribution is -2.37. The van der Waals surface area contributed by atoms with Gasteiger partial charge in [-0.3, -0.25) is 4.98 Å². The normalized spacial score (nSPS) is 12.9. The van der Waals surface area contributed by atoms with Gasteiger partial charge in [-0.15, -0.1) is 0 Å². The Morgan fingerprint density at radius 1 is 1.36 bits per heavy atom. The highest BCUT2D eigenvalue weighted by atomic mass is 35.5. The van der Waals surface area contributed by atoms with Crippen LogP contribution in [0, 0.1) is 5.92 Å². The minimum absolute atomic E-state index is 0.0396. The van der Waals surface area contributed by atoms with Gasteiger partial charge in [-0.1, -0.05) is 25.4 Å². The van der Waals surface area contributed by atoms with Crippen LogP contribution in [0.5, 0.6) is 0 Å². The molecule has 0 bridgehead atoms. The molecule has 0 fully saturated rings. The van der Waals surface area contributed by atoms with E-state index in [4.69, 9.17) is 16.3 Å². The molecule has 1 heterocycles. The number of alkyl carbamates (subject to hydrolysis) is 1. The lowest BCUT2D eigenvalue weighted by molar-refractivity contribution is 0.0484. The first-order valence-corrected chi connectivity index (χ1v) is 7.27. The number of rotatable bonds is 4. The summed E-state index contributed by atoms with van der Waals surface area (Å²) in [4.78, 5) is 27.4. The van der Waals surface area contributed by atoms with Crippen molar-refractivity contribution >= 4 is 23.7 Å². The SMILES string of the molecule is CC(C)[C@@H](NC(=O)OC(C)(C)C)c1ncc(Cl)cc1C(=O)O. The average Bonchev–Trinajstić information content (AvgIpc) is 2.33. The van der Waals surface area contributed by atoms with Crippen LogP contribution in [-0.4, -0.2) is 27.8 Å². The van der Waals surface area contributed by atoms with Crippen molar-refractivity contribution in [3.05, 3.63) is 28.5 Å². The van der Waals surface area contributed by atoms with Gasteiger partial charge in [-0.05, 0) is 32.8 Å². The predicted molar refractivity (Wildman–Crippen MR) is 83.2 cm³/mol. The number of nitrogens with zero attached hydrogens (tertiary/aromatic N) is 1. The molecule has 0 spiro atoms. The molecule has 6 nitrogen and oxygen atoms in total. The number of carbonyl (C=O) groups is 2. The van der Waals surface area contributed by atoms with Crippen LogP contribution in [0.4, 0.5) is 4.79 Å². The molecular weight excluding hydrogens is 308 g/mol. The summed E-state index contributed by atoms with van der Waals surface area (Å²) in [7, 11) is 0. The Morgan fingerprint density at radius 2 is 1.95 bits per heavy atom. The third-order valence-corrected chi connectivity index (χ3v) is 2.96. The van der Waals surface area contributed by atoms with Gasteiger partial charge in [0.15, 0.2) is 0 Å². The number of carbonyl (C=O) groups excluding carboxylic acids is 1. The van der Waals surface area contributed by atoms with Crippen LogP contribution in [0.15, 0.2) is 12.3 Å². The molecule has 0 unspecified atom stereocenters. The fourth-order valence-corrected chi connectivity index (χ4v) is 2.01. The molecule has 7 heteroatoms. The summed E-state index contributed by atoms with van der Waals surface area (Å²) in [6.07, 6.45) is 0.731. The minimum Gasteiger partial charge on any atom is -0.478 e. The van der Waals surface area contributed by atoms with E-state index in [1.165, 1.54) is 12.3 Å². The quantitative estimate of drug-likeness (QED) is 0.880. The molecule has 0 aliphatic heterocycles. The number of nitrogens with one attached hydrogen (secondary N) is 1. The summed E-state index contributed by atoms with van der Waals surface area (Å²) in [5, 5.41) is 12.2. The molecule has 0 aliphatic rings. The average molecular weight is 329 g/mol. The van der Waals surface area contributed by atoms with Crippen molar-refractivity contribution in [3.8, 4) is 0 Å². The van der Waals surface area contributed by atoms with Crippen LogP contribution in [0.2, 0.25) is 5.02 Å². The Morgan fingerprint density at radius 3 is 2.41 bits per heavy atom. The molecule has 1 aromatic heterocycles. The summed E-state index contributed by atoms with van der Waals surface area (Å²) in [6, 6.07) is 0.719. The molecule has 0 radical (unpaired) electrons. The molecular formula is C15H21ClN2O4. The van der Waals surface area contributed by atoms with Crippen LogP contribution < -0.4 is 5.32 Å². The topological polar surface area (TPSA) is 88.5 Å². The van der Waals surface area contributed by atoms with Gasteiger partial charge in [0.05, 0.1) is 22.3 Å². The van der Waals surface area contributed by atoms with Gasteiger partial charge in [0.25, 0.3) is 0 Å². The van der Waals surface area contributed by atoms with Crippen molar-refractivity contribution in [2.75, 3.05) is 0 Å². The van der Waals surface area contributed by atoms with Crippen LogP contribution in [0.3, 0.4) is 0 Å². The molecule has 2 N–H and O–H groups in total. The molecule has 0 saturated carbocycles. The number of halogens is 1. The van der Waals surface area contributed by atoms with E-state index in [2.05, 4.69) is 10.3 Å². The number of carboxylic acids is 1. The van der Waals surface area contributed by atoms with Crippen LogP contribution in [-0.2, 0) is 4.74 Å². The van der Waals surface area contributed by atoms with Crippen LogP contribution in [0.1, 0.15) is 56.7 Å². The Labute approximate surface area is 134 Å². The van der Waals surface area contributed by atoms with Crippen LogP contribution >= 0.6 is 11.6 Å². The second kappa shape index (κ2) is 6.96. The van der Waals surface area contributed by atoms with Crippen molar-refractivity contribution in [2.45, 2.75) is 46.3 Å². The van der Waals surface area contributed by atoms with Crippen molar-refractivity contribution < 1.29 is 19.4 Å². The fraction of sp³-hybridized carbons (Fsp3) is 0.533. The Bertz CT molecular complexity index is 567. The third kappa shape index (κ3) is 5.18. The monoisotopic (exact) mass is 328 g/mol. The second-order valence-corrected chi connectivity index (χ2v) is 6.70. The second-order valence-electron chi connectivity index (χ2n) is 6.26. The van der Waals surface area contributed by atoms with E-state index < -0.39 is 23.7 Å². The van der Waals surface area contributed by atoms with E-state index in [1.54, 1.807) is 20.8 Å². The van der Waals surface area contributed by atoms with E-state index in [9.17, 15) is 14.7 Å². The van der Waals surface area contributed by atoms with Gasteiger partial charge in [0, 0.05) is 6.20 Å². The number of hydrogen-bond acceptors (Lipinski definition) is 4. The van der Waals surface area contributed by atoms with Crippen molar-refractivity contribution in [3.63, 3.8) is 0 Å². The molecule has 22 heavy (non-hydrogen) atoms. The minimum atomic E-state index is -1.15. The first-order chi connectivity index (χ1) is 10.0. The van der Waals surface area contributed by atoms with Crippen LogP contribution in [0.25, 0.3) is 0 Å². The van der Waals surface area contributed by atoms with E-state index >= 15 is 0 Å². The third-order valence-electron chi connectivity index (χ3n) is 2.75. The van der Waals surface area contributed by atoms with Crippen molar-refractivity contribution in [2.24, 2.45) is 5.92 Å². The highest BCUT2D eigenvalue weighted by molar-refractivity contribution is 6.30. The number of amides is 1. The zero-order valence-corrected chi connectivity index (χ0v) is 14.1. The van der Waals surface area contributed by atoms with Gasteiger partial charge in [0.2, 0.25) is 0 Å². The number of aromatic nitrogens is 1. The van der Waals surface area contributed by atoms with Gasteiger partial charge < -0.3 is 15.2 Å².